The number of aliphatic imine (C=N–C) groups is 1. The zero-order chi connectivity index (χ0) is 17.7. The van der Waals surface area contributed by atoms with Gasteiger partial charge >= 0.3 is 0 Å². The number of nitrogens with zero attached hydrogens (tertiary/aromatic N) is 1. The summed E-state index contributed by atoms with van der Waals surface area (Å²) in [6.45, 7) is 0.113. The molecule has 0 heterocycles. The second-order valence-corrected chi connectivity index (χ2v) is 5.69. The SMILES string of the molecule is N/C=C(/C#Cc1c(F)ccc(N)c1F)C=NC1CCCC1(O)CN. The van der Waals surface area contributed by atoms with Crippen LogP contribution in [0, 0.1) is 23.5 Å². The summed E-state index contributed by atoms with van der Waals surface area (Å²) in [5.74, 6) is 3.21. The maximum Gasteiger partial charge on any atom is 0.164 e. The molecule has 7 heteroatoms. The molecule has 5 nitrogen and oxygen atoms in total. The molecule has 1 saturated carbocycles. The number of allylic oxidation sites excluding steroid dienone is 1. The average molecular weight is 334 g/mol. The molecular weight excluding hydrogens is 314 g/mol. The van der Waals surface area contributed by atoms with Crippen molar-refractivity contribution in [2.45, 2.75) is 30.9 Å². The highest BCUT2D eigenvalue weighted by Gasteiger charge is 2.39. The van der Waals surface area contributed by atoms with Crippen LogP contribution in [0.2, 0.25) is 0 Å². The van der Waals surface area contributed by atoms with Gasteiger partial charge in [-0.15, -0.1) is 0 Å². The number of halogens is 2. The van der Waals surface area contributed by atoms with E-state index in [2.05, 4.69) is 16.8 Å². The van der Waals surface area contributed by atoms with Gasteiger partial charge in [0.1, 0.15) is 5.82 Å². The van der Waals surface area contributed by atoms with Crippen LogP contribution in [0.5, 0.6) is 0 Å². The quantitative estimate of drug-likeness (QED) is 0.376. The van der Waals surface area contributed by atoms with E-state index < -0.39 is 22.8 Å². The van der Waals surface area contributed by atoms with Gasteiger partial charge < -0.3 is 22.3 Å². The lowest BCUT2D eigenvalue weighted by Gasteiger charge is -2.25. The molecule has 1 fully saturated rings. The Hall–Kier alpha value is -2.43. The molecule has 0 amide bonds. The van der Waals surface area contributed by atoms with Crippen LogP contribution >= 0.6 is 0 Å². The molecule has 24 heavy (non-hydrogen) atoms. The van der Waals surface area contributed by atoms with Crippen LogP contribution in [0.15, 0.2) is 28.9 Å². The molecule has 2 unspecified atom stereocenters. The molecule has 128 valence electrons. The third-order valence-corrected chi connectivity index (χ3v) is 4.09. The molecule has 0 bridgehead atoms. The predicted octanol–water partition coefficient (Wildman–Crippen LogP) is 1.05. The van der Waals surface area contributed by atoms with E-state index in [4.69, 9.17) is 17.2 Å². The Morgan fingerprint density at radius 3 is 2.88 bits per heavy atom. The number of hydrogen-bond donors (Lipinski definition) is 4. The first-order chi connectivity index (χ1) is 11.4. The molecule has 0 aromatic heterocycles. The van der Waals surface area contributed by atoms with Crippen molar-refractivity contribution < 1.29 is 13.9 Å². The fourth-order valence-corrected chi connectivity index (χ4v) is 2.59. The van der Waals surface area contributed by atoms with Gasteiger partial charge in [0.25, 0.3) is 0 Å². The average Bonchev–Trinajstić information content (AvgIpc) is 2.95. The van der Waals surface area contributed by atoms with Crippen LogP contribution in [-0.4, -0.2) is 29.5 Å². The highest BCUT2D eigenvalue weighted by molar-refractivity contribution is 5.85. The Labute approximate surface area is 139 Å². The molecule has 1 aliphatic rings. The second-order valence-electron chi connectivity index (χ2n) is 5.69. The number of hydrogen-bond acceptors (Lipinski definition) is 5. The number of rotatable bonds is 3. The van der Waals surface area contributed by atoms with Crippen molar-refractivity contribution in [1.29, 1.82) is 0 Å². The van der Waals surface area contributed by atoms with E-state index in [1.807, 2.05) is 0 Å². The Kier molecular flexibility index (Phi) is 5.54. The largest absolute Gasteiger partial charge is 0.404 e. The fraction of sp³-hybridized carbons (Fsp3) is 0.353. The van der Waals surface area contributed by atoms with Gasteiger partial charge in [0, 0.05) is 19.0 Å². The van der Waals surface area contributed by atoms with Crippen molar-refractivity contribution in [1.82, 2.24) is 0 Å². The molecular formula is C17H20F2N4O. The third-order valence-electron chi connectivity index (χ3n) is 4.09. The minimum atomic E-state index is -1.03. The third kappa shape index (κ3) is 3.72. The maximum atomic E-state index is 13.8. The lowest BCUT2D eigenvalue weighted by molar-refractivity contribution is 0.0421. The molecule has 1 aromatic rings. The van der Waals surface area contributed by atoms with E-state index >= 15 is 0 Å². The van der Waals surface area contributed by atoms with Crippen LogP contribution in [-0.2, 0) is 0 Å². The van der Waals surface area contributed by atoms with E-state index in [0.29, 0.717) is 12.8 Å². The van der Waals surface area contributed by atoms with Crippen molar-refractivity contribution >= 4 is 11.9 Å². The Balaban J connectivity index is 2.21. The van der Waals surface area contributed by atoms with Gasteiger partial charge in [-0.1, -0.05) is 11.8 Å². The zero-order valence-corrected chi connectivity index (χ0v) is 13.1. The lowest BCUT2D eigenvalue weighted by atomic mass is 9.98. The smallest absolute Gasteiger partial charge is 0.164 e. The van der Waals surface area contributed by atoms with Crippen molar-refractivity contribution in [3.8, 4) is 11.8 Å². The van der Waals surface area contributed by atoms with Gasteiger partial charge in [-0.05, 0) is 31.4 Å². The van der Waals surface area contributed by atoms with Crippen LogP contribution in [0.4, 0.5) is 14.5 Å². The summed E-state index contributed by atoms with van der Waals surface area (Å²) in [5.41, 5.74) is 15.1. The molecule has 2 atom stereocenters. The standard InChI is InChI=1S/C17H20F2N4O/c18-13-5-6-14(22)16(19)12(13)4-3-11(8-20)9-23-15-2-1-7-17(15,24)10-21/h5-6,8-9,15,24H,1-2,7,10,20-22H2/b11-8-,23-9?. The Morgan fingerprint density at radius 1 is 1.46 bits per heavy atom. The molecule has 0 aliphatic heterocycles. The molecule has 7 N–H and O–H groups in total. The second kappa shape index (κ2) is 7.43. The fourth-order valence-electron chi connectivity index (χ4n) is 2.59. The minimum Gasteiger partial charge on any atom is -0.404 e. The minimum absolute atomic E-state index is 0.113. The first-order valence-electron chi connectivity index (χ1n) is 7.54. The van der Waals surface area contributed by atoms with Crippen LogP contribution in [0.25, 0.3) is 0 Å². The highest BCUT2D eigenvalue weighted by atomic mass is 19.1. The first kappa shape index (κ1) is 17.9. The number of nitrogen functional groups attached to an aromatic ring is 1. The van der Waals surface area contributed by atoms with E-state index in [0.717, 1.165) is 18.6 Å². The number of anilines is 1. The van der Waals surface area contributed by atoms with E-state index in [-0.39, 0.29) is 23.8 Å². The summed E-state index contributed by atoms with van der Waals surface area (Å²) >= 11 is 0. The number of aliphatic hydroxyl groups is 1. The summed E-state index contributed by atoms with van der Waals surface area (Å²) in [6, 6.07) is 1.83. The molecule has 0 radical (unpaired) electrons. The van der Waals surface area contributed by atoms with E-state index in [1.165, 1.54) is 12.4 Å². The zero-order valence-electron chi connectivity index (χ0n) is 13.1. The topological polar surface area (TPSA) is 111 Å². The normalized spacial score (nSPS) is 24.2. The van der Waals surface area contributed by atoms with Gasteiger partial charge in [-0.25, -0.2) is 8.78 Å². The van der Waals surface area contributed by atoms with Crippen LogP contribution in [0.3, 0.4) is 0 Å². The number of nitrogens with two attached hydrogens (primary N) is 3. The number of benzene rings is 1. The van der Waals surface area contributed by atoms with Gasteiger partial charge in [0.15, 0.2) is 5.82 Å². The predicted molar refractivity (Wildman–Crippen MR) is 90.1 cm³/mol. The van der Waals surface area contributed by atoms with Gasteiger partial charge in [0.2, 0.25) is 0 Å². The summed E-state index contributed by atoms with van der Waals surface area (Å²) in [6.07, 6.45) is 4.66. The summed E-state index contributed by atoms with van der Waals surface area (Å²) in [5, 5.41) is 10.3. The van der Waals surface area contributed by atoms with Crippen molar-refractivity contribution in [3.63, 3.8) is 0 Å². The lowest BCUT2D eigenvalue weighted by Crippen LogP contribution is -2.43. The molecule has 1 aromatic carbocycles. The summed E-state index contributed by atoms with van der Waals surface area (Å²) in [7, 11) is 0. The van der Waals surface area contributed by atoms with Crippen molar-refractivity contribution in [2.24, 2.45) is 16.5 Å². The van der Waals surface area contributed by atoms with Gasteiger partial charge in [-0.2, -0.15) is 0 Å². The van der Waals surface area contributed by atoms with Crippen LogP contribution in [0.1, 0.15) is 24.8 Å². The molecule has 0 spiro atoms. The van der Waals surface area contributed by atoms with Crippen LogP contribution < -0.4 is 17.2 Å². The van der Waals surface area contributed by atoms with Crippen molar-refractivity contribution in [2.75, 3.05) is 12.3 Å². The monoisotopic (exact) mass is 334 g/mol. The maximum absolute atomic E-state index is 13.8. The molecule has 2 rings (SSSR count). The Morgan fingerprint density at radius 2 is 2.21 bits per heavy atom. The highest BCUT2D eigenvalue weighted by Crippen LogP contribution is 2.31. The summed E-state index contributed by atoms with van der Waals surface area (Å²) < 4.78 is 27.4. The first-order valence-corrected chi connectivity index (χ1v) is 7.54. The van der Waals surface area contributed by atoms with Gasteiger partial charge in [0.05, 0.1) is 28.5 Å². The van der Waals surface area contributed by atoms with E-state index in [1.54, 1.807) is 0 Å². The summed E-state index contributed by atoms with van der Waals surface area (Å²) in [4.78, 5) is 4.28. The van der Waals surface area contributed by atoms with E-state index in [9.17, 15) is 13.9 Å². The molecule has 0 saturated heterocycles. The Bertz CT molecular complexity index is 736. The van der Waals surface area contributed by atoms with Crippen molar-refractivity contribution in [3.05, 3.63) is 41.1 Å². The van der Waals surface area contributed by atoms with Gasteiger partial charge in [-0.3, -0.25) is 4.99 Å². The molecule has 1 aliphatic carbocycles.